The normalized spacial score (nSPS) is 14.8. The maximum atomic E-state index is 12.0. The Bertz CT molecular complexity index is 924. The zero-order valence-corrected chi connectivity index (χ0v) is 16.7. The summed E-state index contributed by atoms with van der Waals surface area (Å²) in [6, 6.07) is 8.72. The minimum absolute atomic E-state index is 0.0494. The molecule has 6 heteroatoms. The minimum atomic E-state index is -0.0494. The Morgan fingerprint density at radius 2 is 2.15 bits per heavy atom. The van der Waals surface area contributed by atoms with E-state index in [1.165, 1.54) is 15.1 Å². The molecular formula is C20H22N3OS2. The van der Waals surface area contributed by atoms with Crippen molar-refractivity contribution in [2.75, 3.05) is 11.9 Å². The first-order chi connectivity index (χ1) is 12.6. The van der Waals surface area contributed by atoms with Gasteiger partial charge in [-0.25, -0.2) is 4.98 Å². The smallest absolute Gasteiger partial charge is 0.224 e. The summed E-state index contributed by atoms with van der Waals surface area (Å²) in [4.78, 5) is 20.7. The molecule has 26 heavy (non-hydrogen) atoms. The van der Waals surface area contributed by atoms with Gasteiger partial charge in [0, 0.05) is 36.0 Å². The summed E-state index contributed by atoms with van der Waals surface area (Å²) in [6.07, 6.45) is 1.23. The highest BCUT2D eigenvalue weighted by Crippen LogP contribution is 2.45. The monoisotopic (exact) mass is 384 g/mol. The predicted molar refractivity (Wildman–Crippen MR) is 111 cm³/mol. The zero-order chi connectivity index (χ0) is 18.3. The van der Waals surface area contributed by atoms with Gasteiger partial charge in [-0.1, -0.05) is 12.1 Å². The van der Waals surface area contributed by atoms with Crippen LogP contribution < -0.4 is 5.32 Å². The zero-order valence-electron chi connectivity index (χ0n) is 15.0. The predicted octanol–water partition coefficient (Wildman–Crippen LogP) is 4.95. The molecular weight excluding hydrogens is 362 g/mol. The summed E-state index contributed by atoms with van der Waals surface area (Å²) < 4.78 is 1.18. The van der Waals surface area contributed by atoms with Gasteiger partial charge in [0.15, 0.2) is 0 Å². The third kappa shape index (κ3) is 3.17. The number of hydrogen-bond donors (Lipinski definition) is 1. The molecule has 0 unspecified atom stereocenters. The Morgan fingerprint density at radius 3 is 2.88 bits per heavy atom. The van der Waals surface area contributed by atoms with E-state index in [2.05, 4.69) is 37.1 Å². The number of rotatable bonds is 4. The van der Waals surface area contributed by atoms with Crippen molar-refractivity contribution in [1.29, 1.82) is 0 Å². The number of nitrogens with one attached hydrogen (secondary N) is 1. The lowest BCUT2D eigenvalue weighted by Gasteiger charge is -2.30. The summed E-state index contributed by atoms with van der Waals surface area (Å²) in [5, 5.41) is 4.99. The number of benzene rings is 1. The molecule has 0 bridgehead atoms. The van der Waals surface area contributed by atoms with Crippen LogP contribution in [0.2, 0.25) is 0 Å². The van der Waals surface area contributed by atoms with Crippen LogP contribution in [0.1, 0.15) is 30.7 Å². The van der Waals surface area contributed by atoms with E-state index in [0.29, 0.717) is 6.04 Å². The summed E-state index contributed by atoms with van der Waals surface area (Å²) in [7, 11) is 0. The molecule has 3 heterocycles. The van der Waals surface area contributed by atoms with Crippen molar-refractivity contribution in [3.05, 3.63) is 41.6 Å². The van der Waals surface area contributed by atoms with Gasteiger partial charge in [0.05, 0.1) is 10.2 Å². The van der Waals surface area contributed by atoms with Gasteiger partial charge in [0.25, 0.3) is 0 Å². The third-order valence-electron chi connectivity index (χ3n) is 4.80. The second kappa shape index (κ2) is 7.10. The summed E-state index contributed by atoms with van der Waals surface area (Å²) >= 11 is 3.40. The molecule has 1 aliphatic rings. The van der Waals surface area contributed by atoms with E-state index in [4.69, 9.17) is 4.98 Å². The first kappa shape index (κ1) is 17.6. The Labute approximate surface area is 161 Å². The molecule has 2 aromatic heterocycles. The first-order valence-electron chi connectivity index (χ1n) is 8.90. The van der Waals surface area contributed by atoms with Crippen LogP contribution in [0.3, 0.4) is 0 Å². The number of amides is 1. The molecule has 4 rings (SSSR count). The van der Waals surface area contributed by atoms with E-state index in [0.717, 1.165) is 40.6 Å². The fourth-order valence-corrected chi connectivity index (χ4v) is 5.75. The molecule has 0 saturated carbocycles. The van der Waals surface area contributed by atoms with Gasteiger partial charge < -0.3 is 5.32 Å². The van der Waals surface area contributed by atoms with Crippen molar-refractivity contribution in [2.24, 2.45) is 0 Å². The highest BCUT2D eigenvalue weighted by atomic mass is 32.1. The van der Waals surface area contributed by atoms with E-state index in [1.807, 2.05) is 18.2 Å². The van der Waals surface area contributed by atoms with Gasteiger partial charge in [-0.15, -0.1) is 22.7 Å². The standard InChI is InChI=1S/C20H22N3OS2/c1-4-17(24)22-20-18(19-21-14-7-5-6-8-15(14)25-19)13-9-10-23(12(2)3)11-16(13)26-20/h5-8,12H,1,4,9-11H2,2-3H3,(H,22,24). The Morgan fingerprint density at radius 1 is 1.35 bits per heavy atom. The fourth-order valence-electron chi connectivity index (χ4n) is 3.35. The lowest BCUT2D eigenvalue weighted by molar-refractivity contribution is -0.115. The topological polar surface area (TPSA) is 45.2 Å². The first-order valence-corrected chi connectivity index (χ1v) is 10.5. The number of aromatic nitrogens is 1. The van der Waals surface area contributed by atoms with Crippen LogP contribution in [0.25, 0.3) is 20.8 Å². The van der Waals surface area contributed by atoms with Crippen molar-refractivity contribution in [2.45, 2.75) is 39.3 Å². The van der Waals surface area contributed by atoms with E-state index >= 15 is 0 Å². The lowest BCUT2D eigenvalue weighted by atomic mass is 10.0. The highest BCUT2D eigenvalue weighted by Gasteiger charge is 2.28. The van der Waals surface area contributed by atoms with Crippen LogP contribution in [0.4, 0.5) is 5.00 Å². The Balaban J connectivity index is 1.82. The molecule has 1 aromatic carbocycles. The average molecular weight is 385 g/mol. The van der Waals surface area contributed by atoms with E-state index in [-0.39, 0.29) is 12.3 Å². The van der Waals surface area contributed by atoms with E-state index in [9.17, 15) is 4.79 Å². The number of para-hydroxylation sites is 1. The molecule has 0 atom stereocenters. The minimum Gasteiger partial charge on any atom is -0.317 e. The highest BCUT2D eigenvalue weighted by molar-refractivity contribution is 7.22. The van der Waals surface area contributed by atoms with Crippen LogP contribution in [-0.2, 0) is 17.8 Å². The number of anilines is 1. The van der Waals surface area contributed by atoms with Gasteiger partial charge in [0.2, 0.25) is 5.91 Å². The third-order valence-corrected chi connectivity index (χ3v) is 6.99. The van der Waals surface area contributed by atoms with Crippen molar-refractivity contribution >= 4 is 43.8 Å². The number of hydrogen-bond acceptors (Lipinski definition) is 5. The molecule has 0 saturated heterocycles. The van der Waals surface area contributed by atoms with Crippen LogP contribution in [-0.4, -0.2) is 28.4 Å². The number of fused-ring (bicyclic) bond motifs is 2. The number of nitrogens with zero attached hydrogens (tertiary/aromatic N) is 2. The van der Waals surface area contributed by atoms with Crippen LogP contribution in [0, 0.1) is 6.92 Å². The largest absolute Gasteiger partial charge is 0.317 e. The Kier molecular flexibility index (Phi) is 4.82. The molecule has 1 aliphatic heterocycles. The second-order valence-electron chi connectivity index (χ2n) is 6.81. The molecule has 1 amide bonds. The number of thiazole rings is 1. The van der Waals surface area contributed by atoms with Gasteiger partial charge in [-0.05, 0) is 44.9 Å². The molecule has 3 aromatic rings. The van der Waals surface area contributed by atoms with Gasteiger partial charge in [0.1, 0.15) is 10.0 Å². The number of carbonyl (C=O) groups is 1. The number of carbonyl (C=O) groups excluding carboxylic acids is 1. The van der Waals surface area contributed by atoms with Crippen LogP contribution in [0.15, 0.2) is 24.3 Å². The van der Waals surface area contributed by atoms with Crippen molar-refractivity contribution in [3.8, 4) is 10.6 Å². The quantitative estimate of drug-likeness (QED) is 0.692. The summed E-state index contributed by atoms with van der Waals surface area (Å²) in [5.74, 6) is -0.0494. The maximum Gasteiger partial charge on any atom is 0.224 e. The molecule has 0 aliphatic carbocycles. The number of thiophene rings is 1. The van der Waals surface area contributed by atoms with Gasteiger partial charge in [-0.3, -0.25) is 9.69 Å². The molecule has 1 N–H and O–H groups in total. The van der Waals surface area contributed by atoms with Gasteiger partial charge >= 0.3 is 0 Å². The summed E-state index contributed by atoms with van der Waals surface area (Å²) in [6.45, 7) is 10.2. The maximum absolute atomic E-state index is 12.0. The van der Waals surface area contributed by atoms with Crippen LogP contribution in [0.5, 0.6) is 0 Å². The summed E-state index contributed by atoms with van der Waals surface area (Å²) in [5.41, 5.74) is 3.49. The van der Waals surface area contributed by atoms with E-state index < -0.39 is 0 Å². The average Bonchev–Trinajstić information content (AvgIpc) is 3.20. The molecule has 1 radical (unpaired) electrons. The molecule has 135 valence electrons. The molecule has 0 spiro atoms. The van der Waals surface area contributed by atoms with E-state index in [1.54, 1.807) is 22.7 Å². The SMILES string of the molecule is [CH2]CC(=O)Nc1sc2c(c1-c1nc3ccccc3s1)CCN(C(C)C)C2. The molecule has 0 fully saturated rings. The molecule has 4 nitrogen and oxygen atoms in total. The lowest BCUT2D eigenvalue weighted by Crippen LogP contribution is -2.35. The van der Waals surface area contributed by atoms with Crippen molar-refractivity contribution < 1.29 is 4.79 Å². The fraction of sp³-hybridized carbons (Fsp3) is 0.350. The van der Waals surface area contributed by atoms with Crippen molar-refractivity contribution in [1.82, 2.24) is 9.88 Å². The van der Waals surface area contributed by atoms with Crippen molar-refractivity contribution in [3.63, 3.8) is 0 Å². The Hall–Kier alpha value is -1.76. The van der Waals surface area contributed by atoms with Gasteiger partial charge in [-0.2, -0.15) is 0 Å². The second-order valence-corrected chi connectivity index (χ2v) is 8.94. The van der Waals surface area contributed by atoms with Crippen LogP contribution >= 0.6 is 22.7 Å².